The summed E-state index contributed by atoms with van der Waals surface area (Å²) in [4.78, 5) is 35.9. The van der Waals surface area contributed by atoms with E-state index in [4.69, 9.17) is 4.42 Å². The Labute approximate surface area is 223 Å². The number of para-hydroxylation sites is 1. The van der Waals surface area contributed by atoms with Gasteiger partial charge in [-0.1, -0.05) is 42.5 Å². The summed E-state index contributed by atoms with van der Waals surface area (Å²) in [6.07, 6.45) is 0.338. The smallest absolute Gasteiger partial charge is 0.326 e. The highest BCUT2D eigenvalue weighted by Crippen LogP contribution is 2.38. The van der Waals surface area contributed by atoms with E-state index in [1.807, 2.05) is 54.6 Å². The first kappa shape index (κ1) is 24.5. The Bertz CT molecular complexity index is 1720. The lowest BCUT2D eigenvalue weighted by molar-refractivity contribution is -0.138. The summed E-state index contributed by atoms with van der Waals surface area (Å²) in [7, 11) is 0. The summed E-state index contributed by atoms with van der Waals surface area (Å²) < 4.78 is 20.8. The molecule has 0 radical (unpaired) electrons. The number of carboxylic acid groups (broad SMARTS) is 1. The highest BCUT2D eigenvalue weighted by Gasteiger charge is 2.40. The minimum absolute atomic E-state index is 0.0790. The molecule has 196 valence electrons. The fourth-order valence-electron chi connectivity index (χ4n) is 5.34. The Morgan fingerprint density at radius 3 is 2.62 bits per heavy atom. The van der Waals surface area contributed by atoms with Crippen molar-refractivity contribution in [3.8, 4) is 11.1 Å². The predicted octanol–water partition coefficient (Wildman–Crippen LogP) is 5.80. The van der Waals surface area contributed by atoms with Gasteiger partial charge in [-0.2, -0.15) is 0 Å². The Morgan fingerprint density at radius 2 is 1.85 bits per heavy atom. The highest BCUT2D eigenvalue weighted by atomic mass is 19.1. The van der Waals surface area contributed by atoms with Crippen LogP contribution < -0.4 is 10.2 Å². The molecule has 3 aromatic carbocycles. The van der Waals surface area contributed by atoms with Gasteiger partial charge in [-0.05, 0) is 55.2 Å². The number of carbonyl (C=O) groups excluding carboxylic acids is 1. The van der Waals surface area contributed by atoms with Crippen LogP contribution in [0.2, 0.25) is 0 Å². The molecule has 3 heterocycles. The summed E-state index contributed by atoms with van der Waals surface area (Å²) >= 11 is 0. The van der Waals surface area contributed by atoms with Gasteiger partial charge < -0.3 is 19.7 Å². The van der Waals surface area contributed by atoms with E-state index in [-0.39, 0.29) is 24.7 Å². The molecule has 1 amide bonds. The van der Waals surface area contributed by atoms with Gasteiger partial charge in [-0.3, -0.25) is 4.79 Å². The Morgan fingerprint density at radius 1 is 1.08 bits per heavy atom. The number of anilines is 2. The van der Waals surface area contributed by atoms with Crippen LogP contribution in [0, 0.1) is 18.7 Å². The molecule has 39 heavy (non-hydrogen) atoms. The maximum atomic E-state index is 14.8. The second kappa shape index (κ2) is 9.83. The summed E-state index contributed by atoms with van der Waals surface area (Å²) in [6, 6.07) is 20.4. The second-order valence-corrected chi connectivity index (χ2v) is 9.79. The molecule has 2 aromatic heterocycles. The molecule has 8 nitrogen and oxygen atoms in total. The van der Waals surface area contributed by atoms with Crippen LogP contribution in [0.25, 0.3) is 33.2 Å². The topological polar surface area (TPSA) is 109 Å². The van der Waals surface area contributed by atoms with Crippen LogP contribution in [-0.2, 0) is 9.59 Å². The fraction of sp³-hybridized carbons (Fsp3) is 0.200. The van der Waals surface area contributed by atoms with Gasteiger partial charge in [-0.25, -0.2) is 19.2 Å². The van der Waals surface area contributed by atoms with Crippen molar-refractivity contribution in [3.05, 3.63) is 84.4 Å². The van der Waals surface area contributed by atoms with Crippen LogP contribution in [0.1, 0.15) is 18.7 Å². The number of amides is 1. The van der Waals surface area contributed by atoms with Gasteiger partial charge in [0, 0.05) is 29.6 Å². The minimum Gasteiger partial charge on any atom is -0.480 e. The quantitative estimate of drug-likeness (QED) is 0.289. The van der Waals surface area contributed by atoms with E-state index in [0.29, 0.717) is 46.1 Å². The summed E-state index contributed by atoms with van der Waals surface area (Å²) in [5.41, 5.74) is 3.23. The van der Waals surface area contributed by atoms with Crippen molar-refractivity contribution in [2.24, 2.45) is 5.92 Å². The zero-order valence-corrected chi connectivity index (χ0v) is 21.1. The third kappa shape index (κ3) is 4.67. The lowest BCUT2D eigenvalue weighted by Crippen LogP contribution is -2.36. The number of furan rings is 1. The van der Waals surface area contributed by atoms with Crippen molar-refractivity contribution in [2.45, 2.75) is 25.8 Å². The maximum absolute atomic E-state index is 14.8. The number of carbonyl (C=O) groups is 2. The van der Waals surface area contributed by atoms with Gasteiger partial charge in [0.2, 0.25) is 5.91 Å². The molecule has 0 unspecified atom stereocenters. The third-order valence-electron chi connectivity index (χ3n) is 7.07. The van der Waals surface area contributed by atoms with E-state index in [1.165, 1.54) is 6.07 Å². The molecule has 5 aromatic rings. The number of benzene rings is 3. The van der Waals surface area contributed by atoms with Crippen molar-refractivity contribution in [1.29, 1.82) is 0 Å². The summed E-state index contributed by atoms with van der Waals surface area (Å²) in [5.74, 6) is -1.11. The number of halogens is 1. The molecular formula is C30H25FN4O4. The molecule has 1 aliphatic rings. The van der Waals surface area contributed by atoms with E-state index in [0.717, 1.165) is 10.9 Å². The molecule has 1 aliphatic heterocycles. The molecule has 9 heteroatoms. The normalized spacial score (nSPS) is 17.1. The number of hydrogen-bond acceptors (Lipinski definition) is 6. The molecule has 0 spiro atoms. The lowest BCUT2D eigenvalue weighted by atomic mass is 10.0. The Hall–Kier alpha value is -4.79. The number of nitrogens with one attached hydrogen (secondary N) is 1. The molecule has 0 saturated carbocycles. The number of rotatable bonds is 6. The van der Waals surface area contributed by atoms with Crippen molar-refractivity contribution in [1.82, 2.24) is 9.97 Å². The molecule has 6 rings (SSSR count). The number of carboxylic acids is 1. The first-order valence-electron chi connectivity index (χ1n) is 12.7. The SMILES string of the molecule is Cc1nc(N2C[C@@H](CC(=O)Nc3ccc(-c4ccccc4)c(F)c3)C[C@H]2C(=O)O)c2oc3ccccc3c2n1. The molecule has 0 bridgehead atoms. The van der Waals surface area contributed by atoms with Crippen LogP contribution in [0.4, 0.5) is 15.9 Å². The number of hydrogen-bond donors (Lipinski definition) is 2. The van der Waals surface area contributed by atoms with E-state index < -0.39 is 17.8 Å². The zero-order chi connectivity index (χ0) is 27.1. The molecular weight excluding hydrogens is 499 g/mol. The molecule has 0 aliphatic carbocycles. The first-order chi connectivity index (χ1) is 18.9. The largest absolute Gasteiger partial charge is 0.480 e. The van der Waals surface area contributed by atoms with Crippen molar-refractivity contribution in [2.75, 3.05) is 16.8 Å². The van der Waals surface area contributed by atoms with Crippen molar-refractivity contribution in [3.63, 3.8) is 0 Å². The number of aromatic nitrogens is 2. The van der Waals surface area contributed by atoms with Gasteiger partial charge in [0.15, 0.2) is 11.4 Å². The lowest BCUT2D eigenvalue weighted by Gasteiger charge is -2.22. The highest BCUT2D eigenvalue weighted by molar-refractivity contribution is 6.06. The number of aryl methyl sites for hydroxylation is 1. The Balaban J connectivity index is 1.22. The van der Waals surface area contributed by atoms with Crippen molar-refractivity contribution >= 4 is 45.5 Å². The molecule has 2 N–H and O–H groups in total. The first-order valence-corrected chi connectivity index (χ1v) is 12.7. The molecule has 1 fully saturated rings. The average molecular weight is 525 g/mol. The second-order valence-electron chi connectivity index (χ2n) is 9.79. The fourth-order valence-corrected chi connectivity index (χ4v) is 5.34. The van der Waals surface area contributed by atoms with Crippen molar-refractivity contribution < 1.29 is 23.5 Å². The van der Waals surface area contributed by atoms with Crippen LogP contribution in [-0.4, -0.2) is 39.5 Å². The molecule has 1 saturated heterocycles. The average Bonchev–Trinajstić information content (AvgIpc) is 3.50. The maximum Gasteiger partial charge on any atom is 0.326 e. The van der Waals surface area contributed by atoms with Gasteiger partial charge >= 0.3 is 5.97 Å². The van der Waals surface area contributed by atoms with E-state index in [1.54, 1.807) is 24.0 Å². The standard InChI is InChI=1S/C30H25FN4O4/c1-17-32-27-22-9-5-6-10-25(22)39-28(27)29(33-17)35-16-18(13-24(35)30(37)38)14-26(36)34-20-11-12-21(23(31)15-20)19-7-3-2-4-8-19/h2-12,15,18,24H,13-14,16H2,1H3,(H,34,36)(H,37,38)/t18-,24+/m1/s1. The third-order valence-corrected chi connectivity index (χ3v) is 7.07. The summed E-state index contributed by atoms with van der Waals surface area (Å²) in [6.45, 7) is 2.05. The molecule has 2 atom stereocenters. The predicted molar refractivity (Wildman–Crippen MR) is 146 cm³/mol. The van der Waals surface area contributed by atoms with Crippen LogP contribution >= 0.6 is 0 Å². The van der Waals surface area contributed by atoms with E-state index in [2.05, 4.69) is 15.3 Å². The summed E-state index contributed by atoms with van der Waals surface area (Å²) in [5, 5.41) is 13.6. The van der Waals surface area contributed by atoms with Crippen LogP contribution in [0.15, 0.2) is 77.2 Å². The van der Waals surface area contributed by atoms with Gasteiger partial charge in [0.25, 0.3) is 0 Å². The van der Waals surface area contributed by atoms with Crippen LogP contribution in [0.5, 0.6) is 0 Å². The van der Waals surface area contributed by atoms with Gasteiger partial charge in [-0.15, -0.1) is 0 Å². The van der Waals surface area contributed by atoms with E-state index >= 15 is 0 Å². The minimum atomic E-state index is -1.00. The van der Waals surface area contributed by atoms with Gasteiger partial charge in [0.05, 0.1) is 0 Å². The number of nitrogens with zero attached hydrogens (tertiary/aromatic N) is 3. The van der Waals surface area contributed by atoms with E-state index in [9.17, 15) is 19.1 Å². The zero-order valence-electron chi connectivity index (χ0n) is 21.1. The monoisotopic (exact) mass is 524 g/mol. The number of aliphatic carboxylic acids is 1. The van der Waals surface area contributed by atoms with Gasteiger partial charge in [0.1, 0.15) is 28.8 Å². The Kier molecular flexibility index (Phi) is 6.18. The number of fused-ring (bicyclic) bond motifs is 3. The van der Waals surface area contributed by atoms with Crippen LogP contribution in [0.3, 0.4) is 0 Å².